The normalized spacial score (nSPS) is 24.9. The lowest BCUT2D eigenvalue weighted by atomic mass is 9.92. The van der Waals surface area contributed by atoms with E-state index in [9.17, 15) is 19.5 Å². The topological polar surface area (TPSA) is 160 Å². The summed E-state index contributed by atoms with van der Waals surface area (Å²) in [6.07, 6.45) is 2.59. The molecule has 150 valence electrons. The van der Waals surface area contributed by atoms with Crippen molar-refractivity contribution >= 4 is 17.8 Å². The number of nitrogens with two attached hydrogens (primary N) is 2. The largest absolute Gasteiger partial charge is 0.481 e. The molecule has 2 amide bonds. The Morgan fingerprint density at radius 3 is 2.35 bits per heavy atom. The van der Waals surface area contributed by atoms with Crippen LogP contribution in [0.25, 0.3) is 0 Å². The average Bonchev–Trinajstić information content (AvgIpc) is 2.93. The van der Waals surface area contributed by atoms with Crippen LogP contribution in [-0.4, -0.2) is 47.3 Å². The number of carboxylic acids is 1. The number of aliphatic carboxylic acids is 1. The smallest absolute Gasteiger partial charge is 0.306 e. The minimum absolute atomic E-state index is 0.0291. The van der Waals surface area contributed by atoms with Crippen molar-refractivity contribution in [3.8, 4) is 0 Å². The van der Waals surface area contributed by atoms with Crippen molar-refractivity contribution in [3.63, 3.8) is 0 Å². The van der Waals surface area contributed by atoms with Gasteiger partial charge in [0, 0.05) is 24.9 Å². The first-order valence-corrected chi connectivity index (χ1v) is 9.23. The van der Waals surface area contributed by atoms with Crippen LogP contribution in [0, 0.1) is 11.8 Å². The Kier molecular flexibility index (Phi) is 8.97. The van der Waals surface area contributed by atoms with Gasteiger partial charge in [-0.15, -0.1) is 0 Å². The molecule has 26 heavy (non-hydrogen) atoms. The van der Waals surface area contributed by atoms with Crippen LogP contribution in [0.3, 0.4) is 0 Å². The van der Waals surface area contributed by atoms with Gasteiger partial charge in [-0.3, -0.25) is 19.7 Å². The molecule has 8 N–H and O–H groups in total. The third kappa shape index (κ3) is 6.89. The van der Waals surface area contributed by atoms with Gasteiger partial charge in [0.2, 0.25) is 11.8 Å². The molecule has 0 saturated heterocycles. The second-order valence-corrected chi connectivity index (χ2v) is 7.20. The molecule has 0 aromatic heterocycles. The van der Waals surface area contributed by atoms with E-state index in [4.69, 9.17) is 11.5 Å². The lowest BCUT2D eigenvalue weighted by molar-refractivity contribution is -0.141. The van der Waals surface area contributed by atoms with Crippen molar-refractivity contribution < 1.29 is 19.5 Å². The summed E-state index contributed by atoms with van der Waals surface area (Å²) in [5.41, 5.74) is 11.2. The number of nitrogens with one attached hydrogen (secondary N) is 3. The SMILES string of the molecule is CCCCC(C)NC(=O)C(NC(C)=O)C1CC(C(=O)O)CC1NC(N)N. The molecule has 1 rings (SSSR count). The van der Waals surface area contributed by atoms with E-state index in [2.05, 4.69) is 22.9 Å². The monoisotopic (exact) mass is 371 g/mol. The fourth-order valence-corrected chi connectivity index (χ4v) is 3.58. The second-order valence-electron chi connectivity index (χ2n) is 7.20. The van der Waals surface area contributed by atoms with Gasteiger partial charge >= 0.3 is 5.97 Å². The summed E-state index contributed by atoms with van der Waals surface area (Å²) in [6.45, 7) is 5.33. The molecule has 9 nitrogen and oxygen atoms in total. The zero-order chi connectivity index (χ0) is 19.9. The maximum absolute atomic E-state index is 12.8. The van der Waals surface area contributed by atoms with Crippen molar-refractivity contribution in [2.24, 2.45) is 23.3 Å². The molecule has 1 fully saturated rings. The van der Waals surface area contributed by atoms with Crippen LogP contribution in [0.5, 0.6) is 0 Å². The number of carboxylic acid groups (broad SMARTS) is 1. The van der Waals surface area contributed by atoms with Crippen LogP contribution in [0.4, 0.5) is 0 Å². The lowest BCUT2D eigenvalue weighted by Gasteiger charge is -2.30. The zero-order valence-electron chi connectivity index (χ0n) is 15.8. The molecule has 0 radical (unpaired) electrons. The number of hydrogen-bond donors (Lipinski definition) is 6. The van der Waals surface area contributed by atoms with Gasteiger partial charge in [0.1, 0.15) is 12.3 Å². The second kappa shape index (κ2) is 10.4. The highest BCUT2D eigenvalue weighted by atomic mass is 16.4. The fourth-order valence-electron chi connectivity index (χ4n) is 3.58. The molecule has 0 bridgehead atoms. The van der Waals surface area contributed by atoms with Crippen molar-refractivity contribution in [2.75, 3.05) is 0 Å². The number of rotatable bonds is 10. The van der Waals surface area contributed by atoms with E-state index < -0.39 is 30.1 Å². The maximum Gasteiger partial charge on any atom is 0.306 e. The lowest BCUT2D eigenvalue weighted by Crippen LogP contribution is -2.58. The van der Waals surface area contributed by atoms with E-state index >= 15 is 0 Å². The molecule has 0 heterocycles. The molecule has 5 unspecified atom stereocenters. The minimum Gasteiger partial charge on any atom is -0.481 e. The molecule has 0 aromatic rings. The first-order chi connectivity index (χ1) is 12.1. The van der Waals surface area contributed by atoms with Crippen LogP contribution in [0.1, 0.15) is 52.9 Å². The first-order valence-electron chi connectivity index (χ1n) is 9.23. The van der Waals surface area contributed by atoms with Crippen LogP contribution in [0.2, 0.25) is 0 Å². The predicted molar refractivity (Wildman–Crippen MR) is 97.7 cm³/mol. The van der Waals surface area contributed by atoms with Crippen molar-refractivity contribution in [2.45, 2.75) is 77.3 Å². The number of carbonyl (C=O) groups is 3. The summed E-state index contributed by atoms with van der Waals surface area (Å²) in [5, 5.41) is 17.9. The summed E-state index contributed by atoms with van der Waals surface area (Å²) >= 11 is 0. The quantitative estimate of drug-likeness (QED) is 0.281. The maximum atomic E-state index is 12.8. The Morgan fingerprint density at radius 2 is 1.85 bits per heavy atom. The van der Waals surface area contributed by atoms with E-state index in [-0.39, 0.29) is 30.3 Å². The van der Waals surface area contributed by atoms with Crippen molar-refractivity contribution in [1.29, 1.82) is 0 Å². The molecule has 1 aliphatic carbocycles. The molecule has 1 saturated carbocycles. The van der Waals surface area contributed by atoms with E-state index in [0.717, 1.165) is 19.3 Å². The van der Waals surface area contributed by atoms with Gasteiger partial charge in [0.15, 0.2) is 0 Å². The van der Waals surface area contributed by atoms with Crippen LogP contribution in [0.15, 0.2) is 0 Å². The Balaban J connectivity index is 2.94. The summed E-state index contributed by atoms with van der Waals surface area (Å²) in [4.78, 5) is 35.8. The van der Waals surface area contributed by atoms with Gasteiger partial charge in [-0.05, 0) is 26.2 Å². The van der Waals surface area contributed by atoms with Gasteiger partial charge in [-0.2, -0.15) is 0 Å². The van der Waals surface area contributed by atoms with E-state index in [0.29, 0.717) is 6.42 Å². The highest BCUT2D eigenvalue weighted by molar-refractivity contribution is 5.87. The molecule has 9 heteroatoms. The summed E-state index contributed by atoms with van der Waals surface area (Å²) in [7, 11) is 0. The summed E-state index contributed by atoms with van der Waals surface area (Å²) < 4.78 is 0. The number of carbonyl (C=O) groups excluding carboxylic acids is 2. The van der Waals surface area contributed by atoms with Gasteiger partial charge < -0.3 is 27.2 Å². The van der Waals surface area contributed by atoms with Crippen LogP contribution in [-0.2, 0) is 14.4 Å². The third-order valence-corrected chi connectivity index (χ3v) is 4.82. The van der Waals surface area contributed by atoms with Gasteiger partial charge in [0.05, 0.1) is 5.92 Å². The Morgan fingerprint density at radius 1 is 1.19 bits per heavy atom. The van der Waals surface area contributed by atoms with Crippen molar-refractivity contribution in [3.05, 3.63) is 0 Å². The Hall–Kier alpha value is -1.71. The number of amides is 2. The highest BCUT2D eigenvalue weighted by Gasteiger charge is 2.44. The molecule has 1 aliphatic rings. The fraction of sp³-hybridized carbons (Fsp3) is 0.824. The van der Waals surface area contributed by atoms with Gasteiger partial charge in [-0.25, -0.2) is 0 Å². The van der Waals surface area contributed by atoms with Crippen molar-refractivity contribution in [1.82, 2.24) is 16.0 Å². The first kappa shape index (κ1) is 22.3. The predicted octanol–water partition coefficient (Wildman–Crippen LogP) is -0.544. The third-order valence-electron chi connectivity index (χ3n) is 4.82. The Labute approximate surface area is 154 Å². The molecule has 0 spiro atoms. The highest BCUT2D eigenvalue weighted by Crippen LogP contribution is 2.34. The molecule has 5 atom stereocenters. The summed E-state index contributed by atoms with van der Waals surface area (Å²) in [5.74, 6) is -2.60. The molecule has 0 aliphatic heterocycles. The zero-order valence-corrected chi connectivity index (χ0v) is 15.8. The van der Waals surface area contributed by atoms with Crippen LogP contribution < -0.4 is 27.4 Å². The minimum atomic E-state index is -0.928. The Bertz CT molecular complexity index is 500. The standard InChI is InChI=1S/C17H33N5O4/c1-4-5-6-9(2)20-15(24)14(21-10(3)23)12-7-11(16(25)26)8-13(12)22-17(18)19/h9,11-14,17,22H,4-8,18-19H2,1-3H3,(H,20,24)(H,21,23)(H,25,26). The van der Waals surface area contributed by atoms with Gasteiger partial charge in [-0.1, -0.05) is 19.8 Å². The van der Waals surface area contributed by atoms with Gasteiger partial charge in [0.25, 0.3) is 0 Å². The van der Waals surface area contributed by atoms with E-state index in [1.165, 1.54) is 6.92 Å². The molecular weight excluding hydrogens is 338 g/mol. The summed E-state index contributed by atoms with van der Waals surface area (Å²) in [6, 6.07) is -1.24. The molecule has 0 aromatic carbocycles. The average molecular weight is 371 g/mol. The van der Waals surface area contributed by atoms with E-state index in [1.54, 1.807) is 0 Å². The number of unbranched alkanes of at least 4 members (excludes halogenated alkanes) is 1. The molecular formula is C17H33N5O4. The van der Waals surface area contributed by atoms with Crippen LogP contribution >= 0.6 is 0 Å². The van der Waals surface area contributed by atoms with E-state index in [1.807, 2.05) is 6.92 Å². The number of hydrogen-bond acceptors (Lipinski definition) is 6.